The maximum atomic E-state index is 6.06. The molecule has 106 valence electrons. The maximum absolute atomic E-state index is 6.06. The van der Waals surface area contributed by atoms with Crippen LogP contribution in [0.4, 0.5) is 0 Å². The fraction of sp³-hybridized carbons (Fsp3) is 0.600. The quantitative estimate of drug-likeness (QED) is 0.888. The predicted molar refractivity (Wildman–Crippen MR) is 85.5 cm³/mol. The van der Waals surface area contributed by atoms with Gasteiger partial charge in [0.2, 0.25) is 0 Å². The van der Waals surface area contributed by atoms with Crippen LogP contribution in [0.2, 0.25) is 5.02 Å². The van der Waals surface area contributed by atoms with Crippen LogP contribution in [0.5, 0.6) is 0 Å². The molecule has 1 heterocycles. The molecule has 1 aliphatic rings. The lowest BCUT2D eigenvalue weighted by Crippen LogP contribution is -2.42. The van der Waals surface area contributed by atoms with Crippen LogP contribution < -0.4 is 5.73 Å². The summed E-state index contributed by atoms with van der Waals surface area (Å²) in [6.45, 7) is 7.58. The molecule has 2 rings (SSSR count). The minimum Gasteiger partial charge on any atom is -0.329 e. The van der Waals surface area contributed by atoms with E-state index in [4.69, 9.17) is 17.3 Å². The number of piperidine rings is 1. The van der Waals surface area contributed by atoms with E-state index >= 15 is 0 Å². The summed E-state index contributed by atoms with van der Waals surface area (Å²) in [6, 6.07) is 6.42. The zero-order valence-corrected chi connectivity index (χ0v) is 14.0. The van der Waals surface area contributed by atoms with Gasteiger partial charge in [0.1, 0.15) is 0 Å². The second kappa shape index (κ2) is 6.13. The Morgan fingerprint density at radius 3 is 2.53 bits per heavy atom. The molecule has 0 aromatic heterocycles. The average Bonchev–Trinajstić information content (AvgIpc) is 2.36. The van der Waals surface area contributed by atoms with Crippen molar-refractivity contribution < 1.29 is 0 Å². The Kier molecular flexibility index (Phi) is 4.93. The zero-order valence-electron chi connectivity index (χ0n) is 11.6. The number of halogens is 2. The van der Waals surface area contributed by atoms with Gasteiger partial charge < -0.3 is 5.73 Å². The van der Waals surface area contributed by atoms with Crippen LogP contribution in [-0.4, -0.2) is 24.5 Å². The number of hydrogen-bond acceptors (Lipinski definition) is 2. The number of hydrogen-bond donors (Lipinski definition) is 1. The fourth-order valence-corrected chi connectivity index (χ4v) is 3.17. The van der Waals surface area contributed by atoms with Crippen LogP contribution >= 0.6 is 27.5 Å². The molecule has 1 unspecified atom stereocenters. The molecule has 0 amide bonds. The molecule has 2 nitrogen and oxygen atoms in total. The van der Waals surface area contributed by atoms with E-state index in [1.54, 1.807) is 0 Å². The molecule has 1 aliphatic heterocycles. The first-order valence-corrected chi connectivity index (χ1v) is 7.99. The van der Waals surface area contributed by atoms with Crippen LogP contribution in [0, 0.1) is 5.41 Å². The van der Waals surface area contributed by atoms with Crippen molar-refractivity contribution in [1.29, 1.82) is 0 Å². The second-order valence-corrected chi connectivity index (χ2v) is 7.39. The average molecular weight is 346 g/mol. The molecule has 1 saturated heterocycles. The van der Waals surface area contributed by atoms with Gasteiger partial charge in [0.05, 0.1) is 5.02 Å². The van der Waals surface area contributed by atoms with E-state index in [0.29, 0.717) is 18.0 Å². The van der Waals surface area contributed by atoms with Crippen molar-refractivity contribution >= 4 is 27.5 Å². The van der Waals surface area contributed by atoms with Gasteiger partial charge in [-0.3, -0.25) is 4.90 Å². The van der Waals surface area contributed by atoms with Gasteiger partial charge in [-0.15, -0.1) is 0 Å². The molecule has 0 radical (unpaired) electrons. The van der Waals surface area contributed by atoms with Crippen molar-refractivity contribution in [3.05, 3.63) is 33.3 Å². The summed E-state index contributed by atoms with van der Waals surface area (Å²) in [4.78, 5) is 2.50. The molecule has 1 aromatic carbocycles. The third-order valence-electron chi connectivity index (χ3n) is 4.14. The Morgan fingerprint density at radius 2 is 2.00 bits per heavy atom. The normalized spacial score (nSPS) is 21.3. The largest absolute Gasteiger partial charge is 0.329 e. The standard InChI is InChI=1S/C15H22BrClN2/c1-15(2)5-7-19(8-6-15)14(10-18)11-3-4-13(17)12(16)9-11/h3-4,9,14H,5-8,10,18H2,1-2H3. The van der Waals surface area contributed by atoms with Gasteiger partial charge >= 0.3 is 0 Å². The molecular formula is C15H22BrClN2. The summed E-state index contributed by atoms with van der Waals surface area (Å²) in [5, 5.41) is 0.749. The van der Waals surface area contributed by atoms with Crippen molar-refractivity contribution in [3.63, 3.8) is 0 Å². The Hall–Kier alpha value is -0.0900. The number of nitrogens with zero attached hydrogens (tertiary/aromatic N) is 1. The third kappa shape index (κ3) is 3.72. The SMILES string of the molecule is CC1(C)CCN(C(CN)c2ccc(Cl)c(Br)c2)CC1. The van der Waals surface area contributed by atoms with E-state index in [2.05, 4.69) is 46.8 Å². The molecule has 0 bridgehead atoms. The van der Waals surface area contributed by atoms with Crippen molar-refractivity contribution in [1.82, 2.24) is 4.90 Å². The first-order chi connectivity index (χ1) is 8.93. The summed E-state index contributed by atoms with van der Waals surface area (Å²) in [5.74, 6) is 0. The molecule has 0 aliphatic carbocycles. The molecule has 1 fully saturated rings. The van der Waals surface area contributed by atoms with Gasteiger partial charge in [-0.1, -0.05) is 31.5 Å². The summed E-state index contributed by atoms with van der Waals surface area (Å²) in [5.41, 5.74) is 7.72. The van der Waals surface area contributed by atoms with Gasteiger partial charge in [0.25, 0.3) is 0 Å². The van der Waals surface area contributed by atoms with Gasteiger partial charge in [0, 0.05) is 17.1 Å². The first-order valence-electron chi connectivity index (χ1n) is 6.82. The van der Waals surface area contributed by atoms with Crippen LogP contribution in [0.1, 0.15) is 38.3 Å². The molecule has 0 spiro atoms. The van der Waals surface area contributed by atoms with Crippen molar-refractivity contribution in [2.24, 2.45) is 11.1 Å². The minimum absolute atomic E-state index is 0.296. The van der Waals surface area contributed by atoms with E-state index in [1.165, 1.54) is 18.4 Å². The Labute approximate surface area is 129 Å². The topological polar surface area (TPSA) is 29.3 Å². The third-order valence-corrected chi connectivity index (χ3v) is 5.36. The molecule has 1 aromatic rings. The van der Waals surface area contributed by atoms with Gasteiger partial charge in [-0.2, -0.15) is 0 Å². The summed E-state index contributed by atoms with van der Waals surface area (Å²) < 4.78 is 0.947. The van der Waals surface area contributed by atoms with E-state index in [9.17, 15) is 0 Å². The molecule has 0 saturated carbocycles. The zero-order chi connectivity index (χ0) is 14.0. The summed E-state index contributed by atoms with van der Waals surface area (Å²) in [6.07, 6.45) is 2.47. The minimum atomic E-state index is 0.296. The highest BCUT2D eigenvalue weighted by Gasteiger charge is 2.29. The number of rotatable bonds is 3. The van der Waals surface area contributed by atoms with E-state index in [1.807, 2.05) is 6.07 Å². The highest BCUT2D eigenvalue weighted by atomic mass is 79.9. The van der Waals surface area contributed by atoms with Crippen molar-refractivity contribution in [2.45, 2.75) is 32.7 Å². The number of benzene rings is 1. The highest BCUT2D eigenvalue weighted by Crippen LogP contribution is 2.35. The number of nitrogens with two attached hydrogens (primary N) is 1. The molecular weight excluding hydrogens is 324 g/mol. The second-order valence-electron chi connectivity index (χ2n) is 6.13. The van der Waals surface area contributed by atoms with Crippen LogP contribution in [0.25, 0.3) is 0 Å². The van der Waals surface area contributed by atoms with Gasteiger partial charge in [-0.25, -0.2) is 0 Å². The van der Waals surface area contributed by atoms with E-state index in [0.717, 1.165) is 22.6 Å². The van der Waals surface area contributed by atoms with Crippen molar-refractivity contribution in [3.8, 4) is 0 Å². The first kappa shape index (κ1) is 15.3. The van der Waals surface area contributed by atoms with Crippen LogP contribution in [0.3, 0.4) is 0 Å². The summed E-state index contributed by atoms with van der Waals surface area (Å²) >= 11 is 9.55. The Bertz CT molecular complexity index is 438. The lowest BCUT2D eigenvalue weighted by molar-refractivity contribution is 0.0964. The van der Waals surface area contributed by atoms with E-state index in [-0.39, 0.29) is 0 Å². The fourth-order valence-electron chi connectivity index (χ4n) is 2.66. The number of likely N-dealkylation sites (tertiary alicyclic amines) is 1. The van der Waals surface area contributed by atoms with Crippen molar-refractivity contribution in [2.75, 3.05) is 19.6 Å². The van der Waals surface area contributed by atoms with Gasteiger partial charge in [-0.05, 0) is 65.0 Å². The summed E-state index contributed by atoms with van der Waals surface area (Å²) in [7, 11) is 0. The van der Waals surface area contributed by atoms with Crippen LogP contribution in [-0.2, 0) is 0 Å². The Balaban J connectivity index is 2.14. The maximum Gasteiger partial charge on any atom is 0.0548 e. The smallest absolute Gasteiger partial charge is 0.0548 e. The van der Waals surface area contributed by atoms with Crippen LogP contribution in [0.15, 0.2) is 22.7 Å². The molecule has 4 heteroatoms. The molecule has 1 atom stereocenters. The van der Waals surface area contributed by atoms with E-state index < -0.39 is 0 Å². The lowest BCUT2D eigenvalue weighted by atomic mass is 9.82. The lowest BCUT2D eigenvalue weighted by Gasteiger charge is -2.41. The molecule has 19 heavy (non-hydrogen) atoms. The Morgan fingerprint density at radius 1 is 1.37 bits per heavy atom. The predicted octanol–water partition coefficient (Wildman–Crippen LogP) is 4.22. The monoisotopic (exact) mass is 344 g/mol. The molecule has 2 N–H and O–H groups in total. The highest BCUT2D eigenvalue weighted by molar-refractivity contribution is 9.10. The van der Waals surface area contributed by atoms with Gasteiger partial charge in [0.15, 0.2) is 0 Å².